The Balaban J connectivity index is 1.61. The maximum atomic E-state index is 13.6. The lowest BCUT2D eigenvalue weighted by Crippen LogP contribution is -2.37. The number of anilines is 2. The number of hydrogen-bond acceptors (Lipinski definition) is 6. The third-order valence-corrected chi connectivity index (χ3v) is 6.25. The van der Waals surface area contributed by atoms with Crippen LogP contribution in [0.4, 0.5) is 17.1 Å². The molecule has 2 aliphatic rings. The molecule has 9 heteroatoms. The van der Waals surface area contributed by atoms with Gasteiger partial charge in [0.1, 0.15) is 10.9 Å². The number of rotatable bonds is 4. The number of nitro benzene ring substituents is 1. The van der Waals surface area contributed by atoms with E-state index in [2.05, 4.69) is 0 Å². The minimum absolute atomic E-state index is 0.0133. The zero-order chi connectivity index (χ0) is 23.3. The van der Waals surface area contributed by atoms with Gasteiger partial charge in [-0.1, -0.05) is 53.6 Å². The number of fused-ring (bicyclic) bond motifs is 1. The first-order chi connectivity index (χ1) is 15.9. The van der Waals surface area contributed by atoms with Crippen LogP contribution in [0.25, 0.3) is 0 Å². The Labute approximate surface area is 194 Å². The largest absolute Gasteiger partial charge is 0.288 e. The number of nitrogens with zero attached hydrogens (tertiary/aromatic N) is 3. The summed E-state index contributed by atoms with van der Waals surface area (Å²) in [6.45, 7) is 1.91. The van der Waals surface area contributed by atoms with Gasteiger partial charge in [0.15, 0.2) is 6.10 Å². The van der Waals surface area contributed by atoms with E-state index in [4.69, 9.17) is 16.4 Å². The van der Waals surface area contributed by atoms with Crippen LogP contribution in [0, 0.1) is 23.0 Å². The maximum Gasteiger partial charge on any atom is 0.288 e. The summed E-state index contributed by atoms with van der Waals surface area (Å²) in [6.07, 6.45) is -1.06. The number of amides is 2. The van der Waals surface area contributed by atoms with E-state index in [1.54, 1.807) is 42.5 Å². The summed E-state index contributed by atoms with van der Waals surface area (Å²) in [6, 6.07) is 19.7. The van der Waals surface area contributed by atoms with Crippen LogP contribution in [0.3, 0.4) is 0 Å². The summed E-state index contributed by atoms with van der Waals surface area (Å²) >= 11 is 6.01. The van der Waals surface area contributed by atoms with Gasteiger partial charge in [0.2, 0.25) is 5.91 Å². The normalized spacial score (nSPS) is 22.1. The lowest BCUT2D eigenvalue weighted by atomic mass is 9.90. The highest BCUT2D eigenvalue weighted by Gasteiger charge is 2.60. The second-order valence-electron chi connectivity index (χ2n) is 7.97. The molecule has 33 heavy (non-hydrogen) atoms. The molecule has 3 aromatic rings. The Morgan fingerprint density at radius 1 is 0.939 bits per heavy atom. The minimum Gasteiger partial charge on any atom is -0.273 e. The van der Waals surface area contributed by atoms with E-state index >= 15 is 0 Å². The van der Waals surface area contributed by atoms with Crippen molar-refractivity contribution in [2.45, 2.75) is 19.1 Å². The molecule has 2 heterocycles. The smallest absolute Gasteiger partial charge is 0.273 e. The predicted molar refractivity (Wildman–Crippen MR) is 122 cm³/mol. The molecular formula is C24H18ClN3O5. The van der Waals surface area contributed by atoms with E-state index in [1.165, 1.54) is 17.2 Å². The van der Waals surface area contributed by atoms with Gasteiger partial charge in [-0.3, -0.25) is 24.5 Å². The van der Waals surface area contributed by atoms with E-state index < -0.39 is 34.8 Å². The van der Waals surface area contributed by atoms with Gasteiger partial charge in [0.25, 0.3) is 11.6 Å². The van der Waals surface area contributed by atoms with Crippen molar-refractivity contribution in [3.8, 4) is 0 Å². The van der Waals surface area contributed by atoms with Crippen molar-refractivity contribution in [1.82, 2.24) is 0 Å². The number of para-hydroxylation sites is 1. The van der Waals surface area contributed by atoms with Crippen LogP contribution < -0.4 is 9.96 Å². The molecule has 0 bridgehead atoms. The quantitative estimate of drug-likeness (QED) is 0.319. The third-order valence-electron chi connectivity index (χ3n) is 5.93. The molecular weight excluding hydrogens is 446 g/mol. The zero-order valence-electron chi connectivity index (χ0n) is 17.4. The molecule has 2 saturated heterocycles. The maximum absolute atomic E-state index is 13.6. The number of halogens is 1. The SMILES string of the molecule is Cc1ccc(N2C(=O)[C@H]3[C@H](ON(c4ccccc4)[C@@H]3c3ccc(Cl)c([N+](=O)[O-])c3)C2=O)cc1. The molecule has 5 rings (SSSR count). The average molecular weight is 464 g/mol. The van der Waals surface area contributed by atoms with E-state index in [1.807, 2.05) is 25.1 Å². The number of carbonyl (C=O) groups excluding carboxylic acids is 2. The minimum atomic E-state index is -1.06. The second-order valence-corrected chi connectivity index (χ2v) is 8.38. The van der Waals surface area contributed by atoms with E-state index in [0.717, 1.165) is 10.5 Å². The summed E-state index contributed by atoms with van der Waals surface area (Å²) < 4.78 is 0. The fourth-order valence-corrected chi connectivity index (χ4v) is 4.54. The molecule has 8 nitrogen and oxygen atoms in total. The fourth-order valence-electron chi connectivity index (χ4n) is 4.35. The monoisotopic (exact) mass is 463 g/mol. The standard InChI is InChI=1S/C24H18ClN3O5/c1-14-7-10-16(11-8-14)26-23(29)20-21(15-9-12-18(25)19(13-15)28(31)32)27(33-22(20)24(26)30)17-5-3-2-4-6-17/h2-13,20-22H,1H3/t20-,21-,22+/m1/s1. The first kappa shape index (κ1) is 21.1. The number of hydroxylamine groups is 1. The predicted octanol–water partition coefficient (Wildman–Crippen LogP) is 4.61. The molecule has 2 aliphatic heterocycles. The Bertz CT molecular complexity index is 1260. The summed E-state index contributed by atoms with van der Waals surface area (Å²) in [5, 5.41) is 13.0. The van der Waals surface area contributed by atoms with Gasteiger partial charge >= 0.3 is 0 Å². The molecule has 166 valence electrons. The first-order valence-electron chi connectivity index (χ1n) is 10.3. The zero-order valence-corrected chi connectivity index (χ0v) is 18.2. The molecule has 3 atom stereocenters. The first-order valence-corrected chi connectivity index (χ1v) is 10.6. The van der Waals surface area contributed by atoms with Crippen LogP contribution in [-0.2, 0) is 14.4 Å². The summed E-state index contributed by atoms with van der Waals surface area (Å²) in [7, 11) is 0. The molecule has 0 aliphatic carbocycles. The van der Waals surface area contributed by atoms with E-state index in [-0.39, 0.29) is 10.7 Å². The Kier molecular flexibility index (Phi) is 5.11. The van der Waals surface area contributed by atoms with Gasteiger partial charge in [-0.15, -0.1) is 0 Å². The highest BCUT2D eigenvalue weighted by atomic mass is 35.5. The van der Waals surface area contributed by atoms with Crippen LogP contribution in [0.5, 0.6) is 0 Å². The highest BCUT2D eigenvalue weighted by Crippen LogP contribution is 2.48. The molecule has 0 saturated carbocycles. The summed E-state index contributed by atoms with van der Waals surface area (Å²) in [5.74, 6) is -1.78. The van der Waals surface area contributed by atoms with Gasteiger partial charge in [0.05, 0.1) is 22.3 Å². The Hall–Kier alpha value is -3.75. The molecule has 2 amide bonds. The molecule has 0 spiro atoms. The number of imide groups is 1. The van der Waals surface area contributed by atoms with Crippen molar-refractivity contribution < 1.29 is 19.3 Å². The number of nitro groups is 1. The summed E-state index contributed by atoms with van der Waals surface area (Å²) in [5.41, 5.74) is 2.25. The van der Waals surface area contributed by atoms with Crippen molar-refractivity contribution in [3.63, 3.8) is 0 Å². The van der Waals surface area contributed by atoms with Crippen molar-refractivity contribution in [3.05, 3.63) is 99.1 Å². The van der Waals surface area contributed by atoms with Crippen molar-refractivity contribution in [2.75, 3.05) is 9.96 Å². The van der Waals surface area contributed by atoms with Crippen LogP contribution in [0.15, 0.2) is 72.8 Å². The third kappa shape index (κ3) is 3.44. The molecule has 2 fully saturated rings. The Morgan fingerprint density at radius 2 is 1.64 bits per heavy atom. The van der Waals surface area contributed by atoms with Gasteiger partial charge in [0, 0.05) is 6.07 Å². The van der Waals surface area contributed by atoms with Crippen LogP contribution in [0.2, 0.25) is 5.02 Å². The number of aryl methyl sites for hydroxylation is 1. The van der Waals surface area contributed by atoms with Crippen LogP contribution in [0.1, 0.15) is 17.2 Å². The van der Waals surface area contributed by atoms with Gasteiger partial charge in [-0.25, -0.2) is 9.96 Å². The number of hydrogen-bond donors (Lipinski definition) is 0. The highest BCUT2D eigenvalue weighted by molar-refractivity contribution is 6.32. The molecule has 0 unspecified atom stereocenters. The molecule has 0 aromatic heterocycles. The average Bonchev–Trinajstić information content (AvgIpc) is 3.31. The number of benzene rings is 3. The fraction of sp³-hybridized carbons (Fsp3) is 0.167. The van der Waals surface area contributed by atoms with Gasteiger partial charge in [-0.05, 0) is 42.8 Å². The molecule has 0 N–H and O–H groups in total. The lowest BCUT2D eigenvalue weighted by molar-refractivity contribution is -0.384. The van der Waals surface area contributed by atoms with Gasteiger partial charge < -0.3 is 0 Å². The van der Waals surface area contributed by atoms with E-state index in [0.29, 0.717) is 16.9 Å². The summed E-state index contributed by atoms with van der Waals surface area (Å²) in [4.78, 5) is 45.0. The van der Waals surface area contributed by atoms with Crippen molar-refractivity contribution in [2.24, 2.45) is 5.92 Å². The van der Waals surface area contributed by atoms with Crippen LogP contribution >= 0.6 is 11.6 Å². The second kappa shape index (κ2) is 7.99. The molecule has 0 radical (unpaired) electrons. The Morgan fingerprint density at radius 3 is 2.30 bits per heavy atom. The lowest BCUT2D eigenvalue weighted by Gasteiger charge is -2.28. The number of carbonyl (C=O) groups is 2. The van der Waals surface area contributed by atoms with Crippen molar-refractivity contribution >= 4 is 40.5 Å². The van der Waals surface area contributed by atoms with Gasteiger partial charge in [-0.2, -0.15) is 0 Å². The van der Waals surface area contributed by atoms with E-state index in [9.17, 15) is 19.7 Å². The van der Waals surface area contributed by atoms with Crippen LogP contribution in [-0.4, -0.2) is 22.8 Å². The van der Waals surface area contributed by atoms with Crippen molar-refractivity contribution in [1.29, 1.82) is 0 Å². The molecule has 3 aromatic carbocycles. The topological polar surface area (TPSA) is 93.0 Å².